The van der Waals surface area contributed by atoms with Crippen molar-refractivity contribution in [3.8, 4) is 6.07 Å². The minimum absolute atomic E-state index is 0.0767. The molecule has 1 heterocycles. The van der Waals surface area contributed by atoms with Crippen molar-refractivity contribution in [1.29, 1.82) is 5.26 Å². The van der Waals surface area contributed by atoms with Gasteiger partial charge in [-0.25, -0.2) is 0 Å². The summed E-state index contributed by atoms with van der Waals surface area (Å²) in [5.74, 6) is 0.416. The second-order valence-corrected chi connectivity index (χ2v) is 8.25. The third-order valence-electron chi connectivity index (χ3n) is 4.53. The van der Waals surface area contributed by atoms with Gasteiger partial charge in [0.05, 0.1) is 10.4 Å². The molecule has 1 aromatic carbocycles. The van der Waals surface area contributed by atoms with E-state index in [1.54, 1.807) is 11.3 Å². The maximum atomic E-state index is 12.1. The molecule has 1 aromatic heterocycles. The van der Waals surface area contributed by atoms with E-state index in [9.17, 15) is 10.1 Å². The first-order valence-corrected chi connectivity index (χ1v) is 9.91. The maximum Gasteiger partial charge on any atom is 0.238 e. The number of amides is 1. The van der Waals surface area contributed by atoms with Crippen LogP contribution < -0.4 is 5.32 Å². The highest BCUT2D eigenvalue weighted by Crippen LogP contribution is 2.42. The highest BCUT2D eigenvalue weighted by molar-refractivity contribution is 9.10. The van der Waals surface area contributed by atoms with Crippen molar-refractivity contribution in [3.63, 3.8) is 0 Å². The fourth-order valence-corrected chi connectivity index (χ4v) is 4.57. The van der Waals surface area contributed by atoms with Gasteiger partial charge in [0.25, 0.3) is 0 Å². The van der Waals surface area contributed by atoms with E-state index >= 15 is 0 Å². The van der Waals surface area contributed by atoms with E-state index in [2.05, 4.69) is 51.6 Å². The van der Waals surface area contributed by atoms with Crippen LogP contribution in [0.15, 0.2) is 30.3 Å². The number of alkyl halides is 1. The molecule has 0 fully saturated rings. The predicted molar refractivity (Wildman–Crippen MR) is 102 cm³/mol. The van der Waals surface area contributed by atoms with Crippen LogP contribution in [0.3, 0.4) is 0 Å². The summed E-state index contributed by atoms with van der Waals surface area (Å²) in [6, 6.07) is 12.8. The smallest absolute Gasteiger partial charge is 0.238 e. The number of nitriles is 1. The van der Waals surface area contributed by atoms with Crippen LogP contribution in [0.2, 0.25) is 0 Å². The van der Waals surface area contributed by atoms with Gasteiger partial charge in [-0.3, -0.25) is 4.79 Å². The number of hydrogen-bond donors (Lipinski definition) is 1. The molecule has 1 N–H and O–H groups in total. The van der Waals surface area contributed by atoms with Crippen molar-refractivity contribution in [2.75, 3.05) is 5.32 Å². The molecule has 1 aliphatic rings. The highest BCUT2D eigenvalue weighted by atomic mass is 79.9. The van der Waals surface area contributed by atoms with Gasteiger partial charge in [-0.2, -0.15) is 5.26 Å². The number of carbonyl (C=O) groups excluding carboxylic acids is 1. The summed E-state index contributed by atoms with van der Waals surface area (Å²) in [5.41, 5.74) is 3.14. The molecule has 5 heteroatoms. The van der Waals surface area contributed by atoms with E-state index in [4.69, 9.17) is 0 Å². The maximum absolute atomic E-state index is 12.1. The van der Waals surface area contributed by atoms with E-state index in [1.165, 1.54) is 10.4 Å². The average Bonchev–Trinajstić information content (AvgIpc) is 2.97. The van der Waals surface area contributed by atoms with Gasteiger partial charge in [0.1, 0.15) is 11.1 Å². The molecule has 1 amide bonds. The first kappa shape index (κ1) is 17.2. The summed E-state index contributed by atoms with van der Waals surface area (Å²) in [4.78, 5) is 13.2. The molecule has 0 radical (unpaired) electrons. The normalized spacial score (nSPS) is 17.6. The molecule has 0 aliphatic heterocycles. The lowest BCUT2D eigenvalue weighted by molar-refractivity contribution is -0.115. The SMILES string of the molecule is CC[C@@H](Br)C(=O)Nc1sc2c(c1C#N)CC[C@H](c1ccccc1)C2. The predicted octanol–water partition coefficient (Wildman–Crippen LogP) is 5.00. The van der Waals surface area contributed by atoms with E-state index < -0.39 is 0 Å². The van der Waals surface area contributed by atoms with Crippen LogP contribution in [-0.2, 0) is 17.6 Å². The van der Waals surface area contributed by atoms with E-state index in [1.807, 2.05) is 13.0 Å². The number of rotatable bonds is 4. The Morgan fingerprint density at radius 3 is 2.88 bits per heavy atom. The van der Waals surface area contributed by atoms with Crippen LogP contribution in [0.4, 0.5) is 5.00 Å². The van der Waals surface area contributed by atoms with Gasteiger partial charge in [0.2, 0.25) is 5.91 Å². The van der Waals surface area contributed by atoms with Crippen molar-refractivity contribution >= 4 is 38.2 Å². The van der Waals surface area contributed by atoms with Crippen LogP contribution in [0.5, 0.6) is 0 Å². The molecule has 0 saturated heterocycles. The number of nitrogens with one attached hydrogen (secondary N) is 1. The average molecular weight is 403 g/mol. The van der Waals surface area contributed by atoms with Crippen LogP contribution in [0.1, 0.15) is 47.3 Å². The van der Waals surface area contributed by atoms with Gasteiger partial charge in [0, 0.05) is 4.88 Å². The fraction of sp³-hybridized carbons (Fsp3) is 0.368. The van der Waals surface area contributed by atoms with Crippen molar-refractivity contribution in [1.82, 2.24) is 0 Å². The molecule has 0 saturated carbocycles. The largest absolute Gasteiger partial charge is 0.316 e. The van der Waals surface area contributed by atoms with Gasteiger partial charge >= 0.3 is 0 Å². The molecular weight excluding hydrogens is 384 g/mol. The molecule has 2 atom stereocenters. The quantitative estimate of drug-likeness (QED) is 0.730. The Balaban J connectivity index is 1.85. The molecular formula is C19H19BrN2OS. The van der Waals surface area contributed by atoms with Crippen molar-refractivity contribution in [2.24, 2.45) is 0 Å². The number of anilines is 1. The number of thiophene rings is 1. The molecule has 24 heavy (non-hydrogen) atoms. The summed E-state index contributed by atoms with van der Waals surface area (Å²) in [5, 5.41) is 13.2. The Morgan fingerprint density at radius 1 is 1.46 bits per heavy atom. The lowest BCUT2D eigenvalue weighted by Crippen LogP contribution is -2.21. The monoisotopic (exact) mass is 402 g/mol. The second kappa shape index (κ2) is 7.50. The summed E-state index contributed by atoms with van der Waals surface area (Å²) >= 11 is 4.93. The zero-order valence-electron chi connectivity index (χ0n) is 13.5. The molecule has 0 bridgehead atoms. The van der Waals surface area contributed by atoms with Gasteiger partial charge in [0.15, 0.2) is 0 Å². The minimum atomic E-state index is -0.222. The van der Waals surface area contributed by atoms with Crippen LogP contribution in [-0.4, -0.2) is 10.7 Å². The number of carbonyl (C=O) groups is 1. The zero-order valence-corrected chi connectivity index (χ0v) is 15.9. The molecule has 2 aromatic rings. The Labute approximate surface area is 154 Å². The van der Waals surface area contributed by atoms with E-state index in [0.29, 0.717) is 16.5 Å². The number of benzene rings is 1. The molecule has 0 unspecified atom stereocenters. The number of halogens is 1. The zero-order chi connectivity index (χ0) is 17.1. The van der Waals surface area contributed by atoms with Crippen LogP contribution >= 0.6 is 27.3 Å². The van der Waals surface area contributed by atoms with Crippen LogP contribution in [0, 0.1) is 11.3 Å². The number of nitrogens with zero attached hydrogens (tertiary/aromatic N) is 1. The first-order chi connectivity index (χ1) is 11.6. The summed E-state index contributed by atoms with van der Waals surface area (Å²) < 4.78 is 0. The first-order valence-electron chi connectivity index (χ1n) is 8.18. The Morgan fingerprint density at radius 2 is 2.21 bits per heavy atom. The van der Waals surface area contributed by atoms with Gasteiger partial charge < -0.3 is 5.32 Å². The van der Waals surface area contributed by atoms with Crippen LogP contribution in [0.25, 0.3) is 0 Å². The number of hydrogen-bond acceptors (Lipinski definition) is 3. The number of fused-ring (bicyclic) bond motifs is 1. The van der Waals surface area contributed by atoms with E-state index in [0.717, 1.165) is 31.2 Å². The van der Waals surface area contributed by atoms with Gasteiger partial charge in [-0.1, -0.05) is 53.2 Å². The standard InChI is InChI=1S/C19H19BrN2OS/c1-2-16(20)18(23)22-19-15(11-21)14-9-8-13(10-17(14)24-19)12-6-4-3-5-7-12/h3-7,13,16H,2,8-10H2,1H3,(H,22,23)/t13-,16+/m0/s1. The van der Waals surface area contributed by atoms with Gasteiger partial charge in [-0.15, -0.1) is 11.3 Å². The summed E-state index contributed by atoms with van der Waals surface area (Å²) in [7, 11) is 0. The summed E-state index contributed by atoms with van der Waals surface area (Å²) in [6.07, 6.45) is 3.61. The molecule has 1 aliphatic carbocycles. The Kier molecular flexibility index (Phi) is 5.37. The fourth-order valence-electron chi connectivity index (χ4n) is 3.18. The Hall–Kier alpha value is -1.64. The van der Waals surface area contributed by atoms with Crippen molar-refractivity contribution in [2.45, 2.75) is 43.4 Å². The van der Waals surface area contributed by atoms with E-state index in [-0.39, 0.29) is 10.7 Å². The lowest BCUT2D eigenvalue weighted by atomic mass is 9.83. The Bertz CT molecular complexity index is 779. The molecule has 0 spiro atoms. The third-order valence-corrected chi connectivity index (χ3v) is 6.76. The third kappa shape index (κ3) is 3.40. The molecule has 124 valence electrons. The lowest BCUT2D eigenvalue weighted by Gasteiger charge is -2.22. The topological polar surface area (TPSA) is 52.9 Å². The molecule has 3 nitrogen and oxygen atoms in total. The van der Waals surface area contributed by atoms with Crippen molar-refractivity contribution in [3.05, 3.63) is 51.9 Å². The summed E-state index contributed by atoms with van der Waals surface area (Å²) in [6.45, 7) is 1.95. The van der Waals surface area contributed by atoms with Crippen molar-refractivity contribution < 1.29 is 4.79 Å². The second-order valence-electron chi connectivity index (χ2n) is 6.04. The minimum Gasteiger partial charge on any atom is -0.316 e. The molecule has 3 rings (SSSR count). The highest BCUT2D eigenvalue weighted by Gasteiger charge is 2.27. The van der Waals surface area contributed by atoms with Gasteiger partial charge in [-0.05, 0) is 42.7 Å².